The van der Waals surface area contributed by atoms with Crippen molar-refractivity contribution in [2.24, 2.45) is 11.8 Å². The fraction of sp³-hybridized carbons (Fsp3) is 0.714. The Morgan fingerprint density at radius 1 is 1.42 bits per heavy atom. The largest absolute Gasteiger partial charge is 0.480 e. The summed E-state index contributed by atoms with van der Waals surface area (Å²) in [6.45, 7) is 4.77. The number of nitrogens with one attached hydrogen (secondary N) is 1. The van der Waals surface area contributed by atoms with Crippen molar-refractivity contribution in [1.82, 2.24) is 10.2 Å². The molecule has 1 aliphatic rings. The van der Waals surface area contributed by atoms with Crippen molar-refractivity contribution in [3.63, 3.8) is 0 Å². The summed E-state index contributed by atoms with van der Waals surface area (Å²) < 4.78 is 0. The minimum atomic E-state index is -0.976. The van der Waals surface area contributed by atoms with Gasteiger partial charge in [0.15, 0.2) is 0 Å². The van der Waals surface area contributed by atoms with Crippen LogP contribution in [0.3, 0.4) is 0 Å². The number of rotatable bonds is 6. The number of nitrogens with zero attached hydrogens (tertiary/aromatic N) is 1. The van der Waals surface area contributed by atoms with Crippen LogP contribution in [0.15, 0.2) is 12.2 Å². The number of hydrogen-bond donors (Lipinski definition) is 2. The van der Waals surface area contributed by atoms with Gasteiger partial charge in [-0.3, -0.25) is 4.79 Å². The zero-order chi connectivity index (χ0) is 14.3. The average molecular weight is 268 g/mol. The van der Waals surface area contributed by atoms with Crippen LogP contribution in [0.2, 0.25) is 0 Å². The fourth-order valence-corrected chi connectivity index (χ4v) is 2.21. The molecule has 2 amide bonds. The zero-order valence-corrected chi connectivity index (χ0v) is 11.8. The molecule has 19 heavy (non-hydrogen) atoms. The second-order valence-corrected chi connectivity index (χ2v) is 5.50. The second-order valence-electron chi connectivity index (χ2n) is 5.50. The Bertz CT molecular complexity index is 340. The van der Waals surface area contributed by atoms with E-state index in [1.165, 1.54) is 4.90 Å². The molecule has 0 heterocycles. The Balaban J connectivity index is 2.41. The van der Waals surface area contributed by atoms with Gasteiger partial charge in [-0.1, -0.05) is 26.0 Å². The van der Waals surface area contributed by atoms with Gasteiger partial charge in [0.1, 0.15) is 6.54 Å². The smallest absolute Gasteiger partial charge is 0.323 e. The molecule has 5 nitrogen and oxygen atoms in total. The van der Waals surface area contributed by atoms with Crippen LogP contribution >= 0.6 is 0 Å². The van der Waals surface area contributed by atoms with E-state index >= 15 is 0 Å². The number of amides is 2. The van der Waals surface area contributed by atoms with Crippen LogP contribution in [0, 0.1) is 11.8 Å². The molecule has 1 atom stereocenters. The van der Waals surface area contributed by atoms with Crippen molar-refractivity contribution in [3.05, 3.63) is 12.2 Å². The third kappa shape index (κ3) is 6.27. The van der Waals surface area contributed by atoms with Crippen molar-refractivity contribution in [2.45, 2.75) is 33.1 Å². The second kappa shape index (κ2) is 7.81. The Kier molecular flexibility index (Phi) is 6.39. The Morgan fingerprint density at radius 2 is 2.16 bits per heavy atom. The highest BCUT2D eigenvalue weighted by atomic mass is 16.4. The van der Waals surface area contributed by atoms with Crippen LogP contribution < -0.4 is 5.32 Å². The molecule has 1 unspecified atom stereocenters. The van der Waals surface area contributed by atoms with Gasteiger partial charge in [0.2, 0.25) is 0 Å². The van der Waals surface area contributed by atoms with E-state index in [1.807, 2.05) is 13.8 Å². The van der Waals surface area contributed by atoms with E-state index in [0.717, 1.165) is 19.3 Å². The van der Waals surface area contributed by atoms with Crippen molar-refractivity contribution < 1.29 is 14.7 Å². The molecule has 0 fully saturated rings. The number of carboxylic acid groups (broad SMARTS) is 1. The molecule has 0 saturated heterocycles. The van der Waals surface area contributed by atoms with Crippen LogP contribution in [0.4, 0.5) is 4.79 Å². The third-order valence-corrected chi connectivity index (χ3v) is 3.12. The summed E-state index contributed by atoms with van der Waals surface area (Å²) in [5.41, 5.74) is 0. The number of hydrogen-bond acceptors (Lipinski definition) is 2. The summed E-state index contributed by atoms with van der Waals surface area (Å²) in [6.07, 6.45) is 7.44. The van der Waals surface area contributed by atoms with Gasteiger partial charge in [0, 0.05) is 13.1 Å². The van der Waals surface area contributed by atoms with Crippen LogP contribution in [0.25, 0.3) is 0 Å². The Morgan fingerprint density at radius 3 is 2.68 bits per heavy atom. The number of urea groups is 1. The number of allylic oxidation sites excluding steroid dienone is 2. The van der Waals surface area contributed by atoms with Crippen LogP contribution in [-0.2, 0) is 4.79 Å². The first-order valence-electron chi connectivity index (χ1n) is 6.88. The van der Waals surface area contributed by atoms with Gasteiger partial charge in [-0.05, 0) is 31.1 Å². The summed E-state index contributed by atoms with van der Waals surface area (Å²) >= 11 is 0. The quantitative estimate of drug-likeness (QED) is 0.725. The van der Waals surface area contributed by atoms with Gasteiger partial charge in [-0.2, -0.15) is 0 Å². The molecule has 0 radical (unpaired) electrons. The molecule has 0 aliphatic heterocycles. The first-order valence-corrected chi connectivity index (χ1v) is 6.88. The molecule has 1 rings (SSSR count). The maximum absolute atomic E-state index is 12.0. The van der Waals surface area contributed by atoms with E-state index in [2.05, 4.69) is 17.5 Å². The highest BCUT2D eigenvalue weighted by Crippen LogP contribution is 2.16. The third-order valence-electron chi connectivity index (χ3n) is 3.12. The highest BCUT2D eigenvalue weighted by Gasteiger charge is 2.19. The minimum absolute atomic E-state index is 0.241. The van der Waals surface area contributed by atoms with Gasteiger partial charge < -0.3 is 15.3 Å². The highest BCUT2D eigenvalue weighted by molar-refractivity contribution is 5.80. The molecule has 5 heteroatoms. The van der Waals surface area contributed by atoms with Crippen molar-refractivity contribution in [3.8, 4) is 0 Å². The van der Waals surface area contributed by atoms with Crippen molar-refractivity contribution in [2.75, 3.05) is 19.6 Å². The van der Waals surface area contributed by atoms with Crippen LogP contribution in [0.1, 0.15) is 33.1 Å². The number of carbonyl (C=O) groups is 2. The molecule has 0 aromatic rings. The van der Waals surface area contributed by atoms with Gasteiger partial charge in [0.05, 0.1) is 0 Å². The lowest BCUT2D eigenvalue weighted by atomic mass is 9.94. The lowest BCUT2D eigenvalue weighted by molar-refractivity contribution is -0.137. The maximum Gasteiger partial charge on any atom is 0.323 e. The van der Waals surface area contributed by atoms with Gasteiger partial charge >= 0.3 is 12.0 Å². The molecular formula is C14H24N2O3. The normalized spacial score (nSPS) is 18.4. The first-order chi connectivity index (χ1) is 8.99. The van der Waals surface area contributed by atoms with E-state index < -0.39 is 5.97 Å². The monoisotopic (exact) mass is 268 g/mol. The van der Waals surface area contributed by atoms with Crippen LogP contribution in [-0.4, -0.2) is 41.6 Å². The molecule has 1 aliphatic carbocycles. The molecule has 0 aromatic heterocycles. The van der Waals surface area contributed by atoms with Gasteiger partial charge in [-0.15, -0.1) is 0 Å². The number of carboxylic acids is 1. The molecule has 2 N–H and O–H groups in total. The predicted molar refractivity (Wildman–Crippen MR) is 73.9 cm³/mol. The van der Waals surface area contributed by atoms with Gasteiger partial charge in [0.25, 0.3) is 0 Å². The molecule has 108 valence electrons. The van der Waals surface area contributed by atoms with E-state index in [1.54, 1.807) is 0 Å². The summed E-state index contributed by atoms with van der Waals surface area (Å²) in [5, 5.41) is 11.7. The first kappa shape index (κ1) is 15.5. The topological polar surface area (TPSA) is 69.6 Å². The Hall–Kier alpha value is -1.52. The van der Waals surface area contributed by atoms with Crippen molar-refractivity contribution >= 4 is 12.0 Å². The van der Waals surface area contributed by atoms with Gasteiger partial charge in [-0.25, -0.2) is 4.79 Å². The lowest BCUT2D eigenvalue weighted by Gasteiger charge is -2.25. The SMILES string of the molecule is CC(C)CN(CC(=O)O)C(=O)NCC1CC=CCC1. The van der Waals surface area contributed by atoms with Crippen molar-refractivity contribution in [1.29, 1.82) is 0 Å². The molecule has 0 saturated carbocycles. The average Bonchev–Trinajstić information content (AvgIpc) is 2.35. The molecular weight excluding hydrogens is 244 g/mol. The predicted octanol–water partition coefficient (Wildman–Crippen LogP) is 2.09. The van der Waals surface area contributed by atoms with Crippen LogP contribution in [0.5, 0.6) is 0 Å². The van der Waals surface area contributed by atoms with E-state index in [-0.39, 0.29) is 18.5 Å². The zero-order valence-electron chi connectivity index (χ0n) is 11.8. The minimum Gasteiger partial charge on any atom is -0.480 e. The number of aliphatic carboxylic acids is 1. The molecule has 0 aromatic carbocycles. The maximum atomic E-state index is 12.0. The molecule has 0 spiro atoms. The Labute approximate surface area is 114 Å². The summed E-state index contributed by atoms with van der Waals surface area (Å²) in [5.74, 6) is -0.251. The summed E-state index contributed by atoms with van der Waals surface area (Å²) in [6, 6.07) is -0.273. The van der Waals surface area contributed by atoms with E-state index in [9.17, 15) is 9.59 Å². The number of carbonyl (C=O) groups excluding carboxylic acids is 1. The fourth-order valence-electron chi connectivity index (χ4n) is 2.21. The summed E-state index contributed by atoms with van der Waals surface area (Å²) in [4.78, 5) is 24.1. The lowest BCUT2D eigenvalue weighted by Crippen LogP contribution is -2.45. The molecule has 0 bridgehead atoms. The summed E-state index contributed by atoms with van der Waals surface area (Å²) in [7, 11) is 0. The standard InChI is InChI=1S/C14H24N2O3/c1-11(2)9-16(10-13(17)18)14(19)15-8-12-6-4-3-5-7-12/h3-4,11-12H,5-10H2,1-2H3,(H,15,19)(H,17,18). The van der Waals surface area contributed by atoms with E-state index in [0.29, 0.717) is 19.0 Å². The van der Waals surface area contributed by atoms with E-state index in [4.69, 9.17) is 5.11 Å².